The standard InChI is InChI=1S/C12H9F3N4OS/c13-12(14,15)9-2-1-6(10(17)20)11(19-9)21-8-3-4-18-5-7(8)16/h1-5H,16H2,(H2,17,20). The second kappa shape index (κ2) is 5.60. The maximum atomic E-state index is 12.7. The molecule has 9 heteroatoms. The minimum Gasteiger partial charge on any atom is -0.397 e. The summed E-state index contributed by atoms with van der Waals surface area (Å²) in [7, 11) is 0. The summed E-state index contributed by atoms with van der Waals surface area (Å²) in [6.45, 7) is 0. The van der Waals surface area contributed by atoms with Gasteiger partial charge in [0.25, 0.3) is 5.91 Å². The number of hydrogen-bond acceptors (Lipinski definition) is 5. The molecule has 0 fully saturated rings. The molecule has 0 aromatic carbocycles. The summed E-state index contributed by atoms with van der Waals surface area (Å²) in [6, 6.07) is 3.21. The molecule has 2 heterocycles. The van der Waals surface area contributed by atoms with Crippen molar-refractivity contribution in [1.82, 2.24) is 9.97 Å². The lowest BCUT2D eigenvalue weighted by Crippen LogP contribution is -2.16. The van der Waals surface area contributed by atoms with Gasteiger partial charge in [0.1, 0.15) is 10.7 Å². The summed E-state index contributed by atoms with van der Waals surface area (Å²) in [4.78, 5) is 19.0. The Morgan fingerprint density at radius 1 is 1.24 bits per heavy atom. The number of nitrogen functional groups attached to an aromatic ring is 1. The lowest BCUT2D eigenvalue weighted by Gasteiger charge is -2.11. The van der Waals surface area contributed by atoms with E-state index >= 15 is 0 Å². The van der Waals surface area contributed by atoms with E-state index in [0.717, 1.165) is 17.8 Å². The number of alkyl halides is 3. The van der Waals surface area contributed by atoms with Crippen LogP contribution in [0, 0.1) is 0 Å². The van der Waals surface area contributed by atoms with Crippen LogP contribution < -0.4 is 11.5 Å². The van der Waals surface area contributed by atoms with Crippen molar-refractivity contribution in [3.8, 4) is 0 Å². The van der Waals surface area contributed by atoms with Crippen molar-refractivity contribution in [2.75, 3.05) is 5.73 Å². The van der Waals surface area contributed by atoms with Crippen LogP contribution in [-0.2, 0) is 6.18 Å². The van der Waals surface area contributed by atoms with Crippen molar-refractivity contribution in [2.24, 2.45) is 5.73 Å². The van der Waals surface area contributed by atoms with Crippen molar-refractivity contribution in [3.63, 3.8) is 0 Å². The molecule has 0 spiro atoms. The Balaban J connectivity index is 2.49. The van der Waals surface area contributed by atoms with Crippen molar-refractivity contribution >= 4 is 23.4 Å². The maximum Gasteiger partial charge on any atom is 0.433 e. The second-order valence-corrected chi connectivity index (χ2v) is 4.96. The number of anilines is 1. The van der Waals surface area contributed by atoms with Crippen LogP contribution in [0.15, 0.2) is 40.5 Å². The molecule has 0 aliphatic heterocycles. The lowest BCUT2D eigenvalue weighted by molar-refractivity contribution is -0.141. The molecule has 2 rings (SSSR count). The van der Waals surface area contributed by atoms with Crippen LogP contribution in [0.2, 0.25) is 0 Å². The van der Waals surface area contributed by atoms with Gasteiger partial charge in [-0.3, -0.25) is 9.78 Å². The van der Waals surface area contributed by atoms with E-state index in [1.807, 2.05) is 0 Å². The Kier molecular flexibility index (Phi) is 4.03. The number of halogens is 3. The normalized spacial score (nSPS) is 11.4. The van der Waals surface area contributed by atoms with Crippen LogP contribution in [0.4, 0.5) is 18.9 Å². The van der Waals surface area contributed by atoms with E-state index in [1.54, 1.807) is 0 Å². The summed E-state index contributed by atoms with van der Waals surface area (Å²) in [6.07, 6.45) is -1.84. The third-order valence-corrected chi connectivity index (χ3v) is 3.53. The third-order valence-electron chi connectivity index (χ3n) is 2.43. The molecule has 2 aromatic rings. The topological polar surface area (TPSA) is 94.9 Å². The van der Waals surface area contributed by atoms with Gasteiger partial charge in [-0.25, -0.2) is 4.98 Å². The number of pyridine rings is 2. The van der Waals surface area contributed by atoms with Crippen molar-refractivity contribution in [3.05, 3.63) is 41.9 Å². The fourth-order valence-electron chi connectivity index (χ4n) is 1.45. The van der Waals surface area contributed by atoms with Gasteiger partial charge in [0.2, 0.25) is 0 Å². The predicted molar refractivity (Wildman–Crippen MR) is 70.5 cm³/mol. The first kappa shape index (κ1) is 15.1. The zero-order valence-corrected chi connectivity index (χ0v) is 11.2. The average molecular weight is 314 g/mol. The molecule has 1 amide bonds. The van der Waals surface area contributed by atoms with E-state index in [-0.39, 0.29) is 16.3 Å². The molecule has 21 heavy (non-hydrogen) atoms. The molecular weight excluding hydrogens is 305 g/mol. The Morgan fingerprint density at radius 2 is 1.95 bits per heavy atom. The first-order chi connectivity index (χ1) is 9.79. The highest BCUT2D eigenvalue weighted by atomic mass is 32.2. The molecule has 110 valence electrons. The highest BCUT2D eigenvalue weighted by Crippen LogP contribution is 2.35. The Morgan fingerprint density at radius 3 is 2.52 bits per heavy atom. The third kappa shape index (κ3) is 3.43. The molecule has 0 radical (unpaired) electrons. The number of hydrogen-bond donors (Lipinski definition) is 2. The van der Waals surface area contributed by atoms with Crippen LogP contribution >= 0.6 is 11.8 Å². The van der Waals surface area contributed by atoms with E-state index in [1.165, 1.54) is 18.5 Å². The lowest BCUT2D eigenvalue weighted by atomic mass is 10.2. The van der Waals surface area contributed by atoms with Crippen LogP contribution in [-0.4, -0.2) is 15.9 Å². The fourth-order valence-corrected chi connectivity index (χ4v) is 2.39. The zero-order chi connectivity index (χ0) is 15.6. The van der Waals surface area contributed by atoms with Crippen molar-refractivity contribution in [2.45, 2.75) is 16.1 Å². The Hall–Kier alpha value is -2.29. The Labute approximate surface area is 121 Å². The fraction of sp³-hybridized carbons (Fsp3) is 0.0833. The number of amides is 1. The number of rotatable bonds is 3. The highest BCUT2D eigenvalue weighted by Gasteiger charge is 2.33. The minimum atomic E-state index is -4.62. The van der Waals surface area contributed by atoms with Crippen LogP contribution in [0.1, 0.15) is 16.1 Å². The van der Waals surface area contributed by atoms with E-state index in [0.29, 0.717) is 11.0 Å². The van der Waals surface area contributed by atoms with Crippen LogP contribution in [0.5, 0.6) is 0 Å². The molecule has 0 unspecified atom stereocenters. The number of nitrogens with two attached hydrogens (primary N) is 2. The minimum absolute atomic E-state index is 0.107. The van der Waals surface area contributed by atoms with Gasteiger partial charge < -0.3 is 11.5 Å². The molecule has 2 aromatic heterocycles. The van der Waals surface area contributed by atoms with Gasteiger partial charge in [-0.1, -0.05) is 11.8 Å². The molecule has 0 saturated heterocycles. The largest absolute Gasteiger partial charge is 0.433 e. The smallest absolute Gasteiger partial charge is 0.397 e. The van der Waals surface area contributed by atoms with E-state index in [4.69, 9.17) is 11.5 Å². The number of carbonyl (C=O) groups excluding carboxylic acids is 1. The van der Waals surface area contributed by atoms with Gasteiger partial charge in [-0.05, 0) is 18.2 Å². The molecule has 0 aliphatic rings. The summed E-state index contributed by atoms with van der Waals surface area (Å²) < 4.78 is 38.1. The Bertz CT molecular complexity index is 690. The monoisotopic (exact) mass is 314 g/mol. The molecular formula is C12H9F3N4OS. The molecule has 0 saturated carbocycles. The second-order valence-electron chi connectivity index (χ2n) is 3.93. The summed E-state index contributed by atoms with van der Waals surface area (Å²) in [5.41, 5.74) is 9.86. The van der Waals surface area contributed by atoms with Gasteiger partial charge in [-0.2, -0.15) is 13.2 Å². The number of carbonyl (C=O) groups is 1. The average Bonchev–Trinajstić information content (AvgIpc) is 2.40. The van der Waals surface area contributed by atoms with Gasteiger partial charge >= 0.3 is 6.18 Å². The van der Waals surface area contributed by atoms with Crippen molar-refractivity contribution in [1.29, 1.82) is 0 Å². The first-order valence-electron chi connectivity index (χ1n) is 5.54. The molecule has 5 nitrogen and oxygen atoms in total. The SMILES string of the molecule is NC(=O)c1ccc(C(F)(F)F)nc1Sc1ccncc1N. The maximum absolute atomic E-state index is 12.7. The predicted octanol–water partition coefficient (Wildman–Crippen LogP) is 2.33. The van der Waals surface area contributed by atoms with Gasteiger partial charge in [0.05, 0.1) is 17.4 Å². The van der Waals surface area contributed by atoms with Crippen LogP contribution in [0.3, 0.4) is 0 Å². The van der Waals surface area contributed by atoms with Gasteiger partial charge in [0, 0.05) is 11.1 Å². The van der Waals surface area contributed by atoms with Gasteiger partial charge in [-0.15, -0.1) is 0 Å². The van der Waals surface area contributed by atoms with Crippen molar-refractivity contribution < 1.29 is 18.0 Å². The van der Waals surface area contributed by atoms with E-state index in [9.17, 15) is 18.0 Å². The summed E-state index contributed by atoms with van der Waals surface area (Å²) >= 11 is 0.822. The summed E-state index contributed by atoms with van der Waals surface area (Å²) in [5.74, 6) is -0.869. The first-order valence-corrected chi connectivity index (χ1v) is 6.36. The quantitative estimate of drug-likeness (QED) is 0.906. The number of primary amides is 1. The summed E-state index contributed by atoms with van der Waals surface area (Å²) in [5, 5.41) is -0.157. The molecule has 0 atom stereocenters. The highest BCUT2D eigenvalue weighted by molar-refractivity contribution is 7.99. The number of nitrogens with zero attached hydrogens (tertiary/aromatic N) is 2. The molecule has 0 bridgehead atoms. The zero-order valence-electron chi connectivity index (χ0n) is 10.4. The van der Waals surface area contributed by atoms with Crippen LogP contribution in [0.25, 0.3) is 0 Å². The van der Waals surface area contributed by atoms with E-state index in [2.05, 4.69) is 9.97 Å². The molecule has 4 N–H and O–H groups in total. The molecule has 0 aliphatic carbocycles. The van der Waals surface area contributed by atoms with E-state index < -0.39 is 17.8 Å². The number of aromatic nitrogens is 2. The van der Waals surface area contributed by atoms with Gasteiger partial charge in [0.15, 0.2) is 0 Å².